The number of fused-ring (bicyclic) bond motifs is 2. The first-order valence-electron chi connectivity index (χ1n) is 10.0. The molecule has 25 heavy (non-hydrogen) atoms. The first-order chi connectivity index (χ1) is 12.2. The van der Waals surface area contributed by atoms with Crippen LogP contribution in [-0.2, 0) is 9.53 Å². The van der Waals surface area contributed by atoms with Crippen LogP contribution in [0.2, 0.25) is 0 Å². The minimum absolute atomic E-state index is 0.0602. The molecule has 1 heterocycles. The molecule has 3 saturated carbocycles. The van der Waals surface area contributed by atoms with Crippen molar-refractivity contribution >= 4 is 23.5 Å². The largest absolute Gasteiger partial charge is 0.467 e. The number of rotatable bonds is 2. The Bertz CT molecular complexity index is 553. The van der Waals surface area contributed by atoms with Crippen molar-refractivity contribution in [3.63, 3.8) is 0 Å². The summed E-state index contributed by atoms with van der Waals surface area (Å²) in [5, 5.41) is 1.66. The number of hydrogen-bond acceptors (Lipinski definition) is 4. The van der Waals surface area contributed by atoms with Gasteiger partial charge in [0, 0.05) is 6.04 Å². The molecule has 0 aromatic carbocycles. The fraction of sp³-hybridized carbons (Fsp3) is 0.895. The van der Waals surface area contributed by atoms with Gasteiger partial charge in [-0.3, -0.25) is 4.79 Å². The van der Waals surface area contributed by atoms with Gasteiger partial charge in [-0.05, 0) is 43.9 Å². The number of halogens is 1. The van der Waals surface area contributed by atoms with Gasteiger partial charge < -0.3 is 4.74 Å². The highest BCUT2D eigenvalue weighted by Crippen LogP contribution is 2.50. The average Bonchev–Trinajstić information content (AvgIpc) is 2.90. The van der Waals surface area contributed by atoms with Crippen molar-refractivity contribution in [1.82, 2.24) is 10.4 Å². The van der Waals surface area contributed by atoms with Crippen LogP contribution in [0.25, 0.3) is 0 Å². The van der Waals surface area contributed by atoms with Crippen molar-refractivity contribution < 1.29 is 9.53 Å². The number of methoxy groups -OCH3 is 1. The monoisotopic (exact) mass is 367 g/mol. The normalized spacial score (nSPS) is 41.6. The lowest BCUT2D eigenvalue weighted by molar-refractivity contribution is -0.139. The predicted molar refractivity (Wildman–Crippen MR) is 98.4 cm³/mol. The fourth-order valence-electron chi connectivity index (χ4n) is 5.60. The maximum absolute atomic E-state index is 13.5. The molecule has 0 saturated heterocycles. The lowest BCUT2D eigenvalue weighted by Crippen LogP contribution is -2.58. The topological polar surface area (TPSA) is 53.9 Å². The molecule has 0 radical (unpaired) electrons. The maximum atomic E-state index is 13.5. The van der Waals surface area contributed by atoms with Gasteiger partial charge in [-0.1, -0.05) is 38.5 Å². The summed E-state index contributed by atoms with van der Waals surface area (Å²) in [4.78, 5) is 18.4. The van der Waals surface area contributed by atoms with E-state index in [-0.39, 0.29) is 17.3 Å². The zero-order valence-corrected chi connectivity index (χ0v) is 15.9. The smallest absolute Gasteiger partial charge is 0.310 e. The number of nitrogens with one attached hydrogen (secondary N) is 1. The Hall–Kier alpha value is -0.810. The highest BCUT2D eigenvalue weighted by molar-refractivity contribution is 6.21. The highest BCUT2D eigenvalue weighted by atomic mass is 35.5. The molecule has 1 spiro atoms. The van der Waals surface area contributed by atoms with Gasteiger partial charge >= 0.3 is 6.02 Å². The van der Waals surface area contributed by atoms with Gasteiger partial charge in [0.15, 0.2) is 0 Å². The summed E-state index contributed by atoms with van der Waals surface area (Å²) in [5.74, 6) is 1.11. The molecule has 4 rings (SSSR count). The quantitative estimate of drug-likeness (QED) is 0.758. The first-order valence-corrected chi connectivity index (χ1v) is 10.5. The van der Waals surface area contributed by atoms with Crippen molar-refractivity contribution in [3.8, 4) is 0 Å². The fourth-order valence-corrected chi connectivity index (χ4v) is 5.94. The minimum Gasteiger partial charge on any atom is -0.467 e. The summed E-state index contributed by atoms with van der Waals surface area (Å²) in [7, 11) is 1.61. The molecule has 5 unspecified atom stereocenters. The van der Waals surface area contributed by atoms with Crippen LogP contribution in [0.5, 0.6) is 0 Å². The Morgan fingerprint density at radius 2 is 1.84 bits per heavy atom. The molecule has 0 aromatic rings. The third kappa shape index (κ3) is 2.97. The zero-order valence-electron chi connectivity index (χ0n) is 15.2. The summed E-state index contributed by atoms with van der Waals surface area (Å²) in [6.07, 6.45) is 12.4. The SMILES string of the molecule is COC1=NC2(CCCC3CCCCC32)C(=O)N1NC1CCCCC1Cl. The second-order valence-corrected chi connectivity index (χ2v) is 8.80. The molecule has 0 aromatic heterocycles. The molecule has 6 heteroatoms. The zero-order chi connectivity index (χ0) is 17.4. The Kier molecular flexibility index (Phi) is 4.98. The number of carbonyl (C=O) groups excluding carboxylic acids is 1. The average molecular weight is 368 g/mol. The van der Waals surface area contributed by atoms with Crippen molar-refractivity contribution in [2.45, 2.75) is 87.6 Å². The van der Waals surface area contributed by atoms with E-state index in [1.807, 2.05) is 0 Å². The predicted octanol–water partition coefficient (Wildman–Crippen LogP) is 3.61. The van der Waals surface area contributed by atoms with Crippen LogP contribution in [0.3, 0.4) is 0 Å². The minimum atomic E-state index is -0.599. The molecule has 140 valence electrons. The third-order valence-electron chi connectivity index (χ3n) is 6.87. The second kappa shape index (κ2) is 7.07. The van der Waals surface area contributed by atoms with E-state index in [1.165, 1.54) is 32.1 Å². The van der Waals surface area contributed by atoms with Crippen molar-refractivity contribution in [2.24, 2.45) is 16.8 Å². The molecule has 1 amide bonds. The summed E-state index contributed by atoms with van der Waals surface area (Å²) in [5.41, 5.74) is 2.78. The molecular weight excluding hydrogens is 338 g/mol. The van der Waals surface area contributed by atoms with Crippen LogP contribution < -0.4 is 5.43 Å². The Morgan fingerprint density at radius 1 is 1.12 bits per heavy atom. The second-order valence-electron chi connectivity index (χ2n) is 8.24. The van der Waals surface area contributed by atoms with E-state index in [1.54, 1.807) is 12.1 Å². The van der Waals surface area contributed by atoms with Gasteiger partial charge in [0.25, 0.3) is 5.91 Å². The Balaban J connectivity index is 1.58. The molecule has 5 nitrogen and oxygen atoms in total. The number of amides is 1. The molecule has 1 N–H and O–H groups in total. The summed E-state index contributed by atoms with van der Waals surface area (Å²) >= 11 is 6.51. The van der Waals surface area contributed by atoms with Crippen LogP contribution in [-0.4, -0.2) is 41.0 Å². The van der Waals surface area contributed by atoms with E-state index in [0.717, 1.165) is 38.5 Å². The number of aliphatic imine (C=N–C) groups is 1. The van der Waals surface area contributed by atoms with Crippen molar-refractivity contribution in [2.75, 3.05) is 7.11 Å². The van der Waals surface area contributed by atoms with E-state index in [0.29, 0.717) is 17.9 Å². The molecule has 0 bridgehead atoms. The molecule has 3 aliphatic carbocycles. The molecule has 5 atom stereocenters. The van der Waals surface area contributed by atoms with Crippen LogP contribution in [0.15, 0.2) is 4.99 Å². The van der Waals surface area contributed by atoms with Crippen molar-refractivity contribution in [3.05, 3.63) is 0 Å². The van der Waals surface area contributed by atoms with E-state index in [4.69, 9.17) is 21.3 Å². The lowest BCUT2D eigenvalue weighted by Gasteiger charge is -2.45. The van der Waals surface area contributed by atoms with E-state index in [2.05, 4.69) is 5.43 Å². The van der Waals surface area contributed by atoms with Gasteiger partial charge in [0.2, 0.25) is 0 Å². The molecule has 4 aliphatic rings. The number of ether oxygens (including phenoxy) is 1. The summed E-state index contributed by atoms with van der Waals surface area (Å²) in [6.45, 7) is 0. The number of hydrogen-bond donors (Lipinski definition) is 1. The molecule has 3 fully saturated rings. The number of alkyl halides is 1. The van der Waals surface area contributed by atoms with Gasteiger partial charge in [-0.2, -0.15) is 5.01 Å². The van der Waals surface area contributed by atoms with E-state index in [9.17, 15) is 4.79 Å². The van der Waals surface area contributed by atoms with Gasteiger partial charge in [-0.15, -0.1) is 11.6 Å². The maximum Gasteiger partial charge on any atom is 0.310 e. The highest BCUT2D eigenvalue weighted by Gasteiger charge is 2.58. The van der Waals surface area contributed by atoms with Crippen LogP contribution in [0.1, 0.15) is 70.6 Å². The number of carbonyl (C=O) groups is 1. The first kappa shape index (κ1) is 17.6. The standard InChI is InChI=1S/C19H30ClN3O2/c1-25-18-21-19(12-6-8-13-7-2-3-9-14(13)19)17(24)23(18)22-16-11-5-4-10-15(16)20/h13-16,22H,2-12H2,1H3. The molecule has 1 aliphatic heterocycles. The summed E-state index contributed by atoms with van der Waals surface area (Å²) in [6, 6.07) is 0.547. The van der Waals surface area contributed by atoms with E-state index >= 15 is 0 Å². The lowest BCUT2D eigenvalue weighted by atomic mass is 9.61. The number of amidine groups is 1. The number of hydrazine groups is 1. The van der Waals surface area contributed by atoms with Crippen LogP contribution >= 0.6 is 11.6 Å². The van der Waals surface area contributed by atoms with Crippen molar-refractivity contribution in [1.29, 1.82) is 0 Å². The Morgan fingerprint density at radius 3 is 2.64 bits per heavy atom. The third-order valence-corrected chi connectivity index (χ3v) is 7.40. The number of nitrogens with zero attached hydrogens (tertiary/aromatic N) is 2. The van der Waals surface area contributed by atoms with Gasteiger partial charge in [0.1, 0.15) is 5.54 Å². The van der Waals surface area contributed by atoms with Gasteiger partial charge in [-0.25, -0.2) is 10.4 Å². The van der Waals surface area contributed by atoms with E-state index < -0.39 is 5.54 Å². The van der Waals surface area contributed by atoms with Crippen LogP contribution in [0.4, 0.5) is 0 Å². The molecular formula is C19H30ClN3O2. The van der Waals surface area contributed by atoms with Crippen LogP contribution in [0, 0.1) is 11.8 Å². The summed E-state index contributed by atoms with van der Waals surface area (Å²) < 4.78 is 5.53. The Labute approximate surface area is 155 Å². The van der Waals surface area contributed by atoms with Gasteiger partial charge in [0.05, 0.1) is 12.5 Å².